The van der Waals surface area contributed by atoms with E-state index in [4.69, 9.17) is 9.94 Å². The van der Waals surface area contributed by atoms with Crippen molar-refractivity contribution in [3.63, 3.8) is 0 Å². The lowest BCUT2D eigenvalue weighted by atomic mass is 10.2. The minimum atomic E-state index is -5.80. The van der Waals surface area contributed by atoms with Gasteiger partial charge in [-0.1, -0.05) is 11.8 Å². The molecule has 172 valence electrons. The lowest BCUT2D eigenvalue weighted by molar-refractivity contribution is -0.797. The van der Waals surface area contributed by atoms with Crippen molar-refractivity contribution in [2.75, 3.05) is 6.61 Å². The number of nitrogens with one attached hydrogen (secondary N) is 1. The largest absolute Gasteiger partial charge is 0.779 e. The van der Waals surface area contributed by atoms with Crippen LogP contribution in [0.3, 0.4) is 0 Å². The van der Waals surface area contributed by atoms with Gasteiger partial charge < -0.3 is 29.0 Å². The van der Waals surface area contributed by atoms with E-state index in [0.717, 1.165) is 4.57 Å². The highest BCUT2D eigenvalue weighted by Gasteiger charge is 2.36. The molecule has 1 aliphatic rings. The number of hydrogen-bond acceptors (Lipinski definition) is 14. The molecule has 0 saturated carbocycles. The van der Waals surface area contributed by atoms with Crippen LogP contribution < -0.4 is 31.2 Å². The summed E-state index contributed by atoms with van der Waals surface area (Å²) in [6.45, 7) is -4.22. The maximum atomic E-state index is 12.0. The third kappa shape index (κ3) is 6.95. The number of nitrogens with two attached hydrogens (primary N) is 1. The number of quaternary nitrogens is 1. The number of H-pyrrole nitrogens is 1. The zero-order valence-corrected chi connectivity index (χ0v) is 18.4. The minimum Gasteiger partial charge on any atom is -0.779 e. The Morgan fingerprint density at radius 1 is 1.37 bits per heavy atom. The van der Waals surface area contributed by atoms with Crippen LogP contribution in [-0.4, -0.2) is 38.7 Å². The number of aliphatic hydroxyl groups is 1. The molecule has 2 heterocycles. The zero-order valence-electron chi connectivity index (χ0n) is 14.9. The van der Waals surface area contributed by atoms with E-state index in [9.17, 15) is 38.5 Å². The van der Waals surface area contributed by atoms with Gasteiger partial charge in [0, 0.05) is 18.2 Å². The van der Waals surface area contributed by atoms with Crippen molar-refractivity contribution in [1.82, 2.24) is 9.55 Å². The molecule has 6 atom stereocenters. The van der Waals surface area contributed by atoms with Gasteiger partial charge in [0.15, 0.2) is 0 Å². The Labute approximate surface area is 172 Å². The Bertz CT molecular complexity index is 1040. The lowest BCUT2D eigenvalue weighted by Crippen LogP contribution is -2.77. The molecule has 3 unspecified atom stereocenters. The van der Waals surface area contributed by atoms with E-state index in [0.29, 0.717) is 0 Å². The molecule has 2 rings (SSSR count). The Morgan fingerprint density at radius 2 is 2.00 bits per heavy atom. The molecule has 5 N–H and O–H groups in total. The first-order valence-corrected chi connectivity index (χ1v) is 13.4. The number of rotatable bonds is 9. The molecule has 1 aromatic rings. The lowest BCUT2D eigenvalue weighted by Gasteiger charge is -2.35. The molecule has 0 spiro atoms. The number of hydrogen-bond donors (Lipinski definition) is 4. The summed E-state index contributed by atoms with van der Waals surface area (Å²) in [7, 11) is -11.1. The molecule has 0 radical (unpaired) electrons. The number of aromatic amines is 1. The van der Waals surface area contributed by atoms with Gasteiger partial charge in [-0.3, -0.25) is 23.2 Å². The maximum Gasteiger partial charge on any atom is 0.363 e. The average molecular weight is 511 g/mol. The highest BCUT2D eigenvalue weighted by atomic mass is 32.5. The van der Waals surface area contributed by atoms with E-state index in [1.165, 1.54) is 13.1 Å². The fourth-order valence-corrected chi connectivity index (χ4v) is 6.41. The van der Waals surface area contributed by atoms with Crippen molar-refractivity contribution in [3.05, 3.63) is 32.6 Å². The number of ether oxygens (including phenoxy) is 1. The standard InChI is InChI=1S/C10H18N3O13P3S/c1-5-3-13(10(16)11-9(5)15)8-2-6(14)7(24-8)4-23-29(22,30)26-28(20,21)25-27(18,19)12-17/h3,6-8,14,17H,2,4H2,1H3,(H,20,21)(H,22,30)(H,11,15,16)(H2,12,18,19)/p-2/t6-,7+,8+,29?/m0/s1. The number of phosphoric acid groups is 1. The molecule has 1 aliphatic heterocycles. The summed E-state index contributed by atoms with van der Waals surface area (Å²) in [5.74, 6) is 0. The van der Waals surface area contributed by atoms with Gasteiger partial charge in [0.25, 0.3) is 13.4 Å². The molecule has 20 heteroatoms. The summed E-state index contributed by atoms with van der Waals surface area (Å²) in [4.78, 5) is 59.7. The molecule has 1 saturated heterocycles. The molecular formula is C10H16N3O13P3S-2. The van der Waals surface area contributed by atoms with Gasteiger partial charge in [0.2, 0.25) is 0 Å². The smallest absolute Gasteiger partial charge is 0.363 e. The van der Waals surface area contributed by atoms with Gasteiger partial charge in [0.05, 0.1) is 12.7 Å². The molecular weight excluding hydrogens is 495 g/mol. The van der Waals surface area contributed by atoms with Crippen LogP contribution in [0.4, 0.5) is 0 Å². The van der Waals surface area contributed by atoms with Crippen molar-refractivity contribution >= 4 is 34.1 Å². The van der Waals surface area contributed by atoms with Crippen molar-refractivity contribution in [2.45, 2.75) is 31.8 Å². The predicted molar refractivity (Wildman–Crippen MR) is 91.9 cm³/mol. The summed E-state index contributed by atoms with van der Waals surface area (Å²) in [6, 6.07) is 0. The summed E-state index contributed by atoms with van der Waals surface area (Å²) in [6.07, 6.45) is -2.49. The molecule has 0 aromatic carbocycles. The zero-order chi connectivity index (χ0) is 22.9. The maximum absolute atomic E-state index is 12.0. The van der Waals surface area contributed by atoms with Gasteiger partial charge in [-0.25, -0.2) is 18.9 Å². The number of aryl methyl sites for hydroxylation is 1. The molecule has 1 fully saturated rings. The van der Waals surface area contributed by atoms with Crippen molar-refractivity contribution in [2.24, 2.45) is 0 Å². The number of aromatic nitrogens is 2. The highest BCUT2D eigenvalue weighted by Crippen LogP contribution is 2.60. The Kier molecular flexibility index (Phi) is 8.11. The van der Waals surface area contributed by atoms with Crippen molar-refractivity contribution in [3.8, 4) is 0 Å². The summed E-state index contributed by atoms with van der Waals surface area (Å²) in [5.41, 5.74) is -1.23. The monoisotopic (exact) mass is 511 g/mol. The van der Waals surface area contributed by atoms with Gasteiger partial charge in [0.1, 0.15) is 19.1 Å². The van der Waals surface area contributed by atoms with Gasteiger partial charge in [-0.05, 0) is 6.92 Å². The van der Waals surface area contributed by atoms with Gasteiger partial charge in [-0.15, -0.1) is 0 Å². The summed E-state index contributed by atoms with van der Waals surface area (Å²) < 4.78 is 40.8. The molecule has 16 nitrogen and oxygen atoms in total. The second kappa shape index (κ2) is 9.48. The second-order valence-corrected chi connectivity index (χ2v) is 11.9. The summed E-state index contributed by atoms with van der Waals surface area (Å²) >= 11 is 4.33. The topological polar surface area (TPSA) is 252 Å². The Morgan fingerprint density at radius 3 is 2.60 bits per heavy atom. The van der Waals surface area contributed by atoms with E-state index >= 15 is 0 Å². The first-order valence-electron chi connectivity index (χ1n) is 7.79. The van der Waals surface area contributed by atoms with E-state index in [1.807, 2.05) is 4.98 Å². The first-order chi connectivity index (χ1) is 13.6. The third-order valence-electron chi connectivity index (χ3n) is 3.61. The SMILES string of the molecule is Cc1cn([C@H]2C[C@H](O)[C@@H](COP([O-])(=S)OP(=O)([O-])OP(=O)([O-])[NH2+]O)O2)c(=O)[nH]c1=O. The van der Waals surface area contributed by atoms with Crippen molar-refractivity contribution < 1.29 is 57.3 Å². The van der Waals surface area contributed by atoms with Crippen LogP contribution in [0.2, 0.25) is 0 Å². The Hall–Kier alpha value is -0.610. The van der Waals surface area contributed by atoms with Gasteiger partial charge >= 0.3 is 13.4 Å². The van der Waals surface area contributed by atoms with Crippen LogP contribution in [-0.2, 0) is 38.8 Å². The number of nitrogens with zero attached hydrogens (tertiary/aromatic N) is 1. The van der Waals surface area contributed by atoms with Crippen LogP contribution in [0.5, 0.6) is 0 Å². The van der Waals surface area contributed by atoms with Crippen LogP contribution in [0, 0.1) is 6.92 Å². The van der Waals surface area contributed by atoms with Crippen LogP contribution in [0.1, 0.15) is 18.2 Å². The number of aliphatic hydroxyl groups excluding tert-OH is 1. The molecule has 0 amide bonds. The summed E-state index contributed by atoms with van der Waals surface area (Å²) in [5, 5.41) is 17.8. The normalized spacial score (nSPS) is 27.9. The molecule has 1 aromatic heterocycles. The Balaban J connectivity index is 2.02. The average Bonchev–Trinajstić information content (AvgIpc) is 2.95. The first kappa shape index (κ1) is 25.6. The van der Waals surface area contributed by atoms with Gasteiger partial charge in [-0.2, -0.15) is 5.25 Å². The van der Waals surface area contributed by atoms with E-state index in [2.05, 4.69) is 25.0 Å². The molecule has 30 heavy (non-hydrogen) atoms. The van der Waals surface area contributed by atoms with E-state index < -0.39 is 63.8 Å². The van der Waals surface area contributed by atoms with Crippen LogP contribution >= 0.6 is 22.3 Å². The van der Waals surface area contributed by atoms with Crippen LogP contribution in [0.25, 0.3) is 0 Å². The molecule has 0 bridgehead atoms. The molecule has 0 aliphatic carbocycles. The minimum absolute atomic E-state index is 0.142. The van der Waals surface area contributed by atoms with E-state index in [-0.39, 0.29) is 12.0 Å². The fraction of sp³-hybridized carbons (Fsp3) is 0.600. The van der Waals surface area contributed by atoms with Crippen LogP contribution in [0.15, 0.2) is 15.8 Å². The third-order valence-corrected chi connectivity index (χ3v) is 8.59. The quantitative estimate of drug-likeness (QED) is 0.182. The highest BCUT2D eigenvalue weighted by molar-refractivity contribution is 8.07. The second-order valence-electron chi connectivity index (χ2n) is 5.92. The van der Waals surface area contributed by atoms with E-state index in [1.54, 1.807) is 0 Å². The van der Waals surface area contributed by atoms with Crippen molar-refractivity contribution in [1.29, 1.82) is 0 Å². The fourth-order valence-electron chi connectivity index (χ4n) is 2.32. The predicted octanol–water partition coefficient (Wildman–Crippen LogP) is -3.98.